The molecule has 1 heterocycles. The molecule has 1 fully saturated rings. The van der Waals surface area contributed by atoms with Crippen LogP contribution in [0.5, 0.6) is 0 Å². The highest BCUT2D eigenvalue weighted by Gasteiger charge is 2.30. The van der Waals surface area contributed by atoms with E-state index >= 15 is 0 Å². The molecule has 2 N–H and O–H groups in total. The minimum absolute atomic E-state index is 0.186. The van der Waals surface area contributed by atoms with Gasteiger partial charge in [0.15, 0.2) is 0 Å². The highest BCUT2D eigenvalue weighted by molar-refractivity contribution is 7.99. The molecule has 0 bridgehead atoms. The standard InChI is InChI=1S/C9H18F2N2S/c1-8-4-13(2-3-14-5-8)7-9(10,11)6-12/h8H,2-7,12H2,1H3. The van der Waals surface area contributed by atoms with Crippen molar-refractivity contribution in [3.8, 4) is 0 Å². The minimum atomic E-state index is -2.73. The highest BCUT2D eigenvalue weighted by atomic mass is 32.2. The lowest BCUT2D eigenvalue weighted by Crippen LogP contribution is -2.43. The molecule has 1 unspecified atom stereocenters. The number of halogens is 2. The van der Waals surface area contributed by atoms with Gasteiger partial charge >= 0.3 is 0 Å². The van der Waals surface area contributed by atoms with Crippen molar-refractivity contribution in [1.29, 1.82) is 0 Å². The van der Waals surface area contributed by atoms with E-state index < -0.39 is 12.5 Å². The fourth-order valence-electron chi connectivity index (χ4n) is 1.60. The fourth-order valence-corrected chi connectivity index (χ4v) is 2.66. The summed E-state index contributed by atoms with van der Waals surface area (Å²) in [5.74, 6) is -0.208. The average molecular weight is 224 g/mol. The van der Waals surface area contributed by atoms with E-state index in [0.717, 1.165) is 24.6 Å². The maximum absolute atomic E-state index is 13.0. The van der Waals surface area contributed by atoms with Crippen LogP contribution in [0.1, 0.15) is 6.92 Å². The third kappa shape index (κ3) is 4.11. The summed E-state index contributed by atoms with van der Waals surface area (Å²) >= 11 is 1.84. The van der Waals surface area contributed by atoms with Gasteiger partial charge in [0.05, 0.1) is 13.1 Å². The first-order valence-corrected chi connectivity index (χ1v) is 6.07. The van der Waals surface area contributed by atoms with E-state index in [1.54, 1.807) is 0 Å². The molecule has 1 atom stereocenters. The lowest BCUT2D eigenvalue weighted by atomic mass is 10.2. The molecule has 84 valence electrons. The molecule has 0 aliphatic carbocycles. The number of alkyl halides is 2. The summed E-state index contributed by atoms with van der Waals surface area (Å²) in [5.41, 5.74) is 5.02. The highest BCUT2D eigenvalue weighted by Crippen LogP contribution is 2.19. The van der Waals surface area contributed by atoms with Gasteiger partial charge in [0, 0.05) is 18.8 Å². The predicted octanol–water partition coefficient (Wildman–Crippen LogP) is 1.27. The Balaban J connectivity index is 2.42. The van der Waals surface area contributed by atoms with Gasteiger partial charge in [0.2, 0.25) is 0 Å². The average Bonchev–Trinajstić information content (AvgIpc) is 2.29. The summed E-state index contributed by atoms with van der Waals surface area (Å²) in [7, 11) is 0. The zero-order valence-corrected chi connectivity index (χ0v) is 9.33. The maximum Gasteiger partial charge on any atom is 0.272 e. The molecule has 0 radical (unpaired) electrons. The molecule has 0 saturated carbocycles. The van der Waals surface area contributed by atoms with E-state index in [-0.39, 0.29) is 6.54 Å². The lowest BCUT2D eigenvalue weighted by molar-refractivity contribution is -0.0238. The summed E-state index contributed by atoms with van der Waals surface area (Å²) in [6.07, 6.45) is 0. The maximum atomic E-state index is 13.0. The SMILES string of the molecule is CC1CSCCN(CC(F)(F)CN)C1. The second kappa shape index (κ2) is 5.28. The molecule has 14 heavy (non-hydrogen) atoms. The zero-order chi connectivity index (χ0) is 10.6. The molecular weight excluding hydrogens is 206 g/mol. The number of hydrogen-bond donors (Lipinski definition) is 1. The first-order valence-electron chi connectivity index (χ1n) is 4.91. The van der Waals surface area contributed by atoms with Crippen molar-refractivity contribution >= 4 is 11.8 Å². The van der Waals surface area contributed by atoms with Crippen LogP contribution in [0.4, 0.5) is 8.78 Å². The second-order valence-electron chi connectivity index (χ2n) is 3.98. The number of rotatable bonds is 3. The molecule has 0 amide bonds. The van der Waals surface area contributed by atoms with E-state index in [1.165, 1.54) is 0 Å². The molecule has 1 aliphatic heterocycles. The molecule has 1 aliphatic rings. The molecule has 1 saturated heterocycles. The lowest BCUT2D eigenvalue weighted by Gasteiger charge is -2.26. The van der Waals surface area contributed by atoms with Crippen molar-refractivity contribution in [2.24, 2.45) is 11.7 Å². The molecule has 2 nitrogen and oxygen atoms in total. The smallest absolute Gasteiger partial charge is 0.272 e. The third-order valence-corrected chi connectivity index (χ3v) is 3.55. The van der Waals surface area contributed by atoms with Crippen LogP contribution in [0.25, 0.3) is 0 Å². The van der Waals surface area contributed by atoms with Crippen LogP contribution in [0.2, 0.25) is 0 Å². The van der Waals surface area contributed by atoms with E-state index in [1.807, 2.05) is 16.7 Å². The van der Waals surface area contributed by atoms with Gasteiger partial charge in [-0.1, -0.05) is 6.92 Å². The van der Waals surface area contributed by atoms with Gasteiger partial charge in [-0.05, 0) is 11.7 Å². The molecule has 0 spiro atoms. The Morgan fingerprint density at radius 1 is 1.57 bits per heavy atom. The van der Waals surface area contributed by atoms with Gasteiger partial charge in [-0.25, -0.2) is 8.78 Å². The van der Waals surface area contributed by atoms with Crippen molar-refractivity contribution in [2.75, 3.05) is 37.7 Å². The van der Waals surface area contributed by atoms with Crippen LogP contribution in [0.3, 0.4) is 0 Å². The Kier molecular flexibility index (Phi) is 4.60. The van der Waals surface area contributed by atoms with Gasteiger partial charge < -0.3 is 5.73 Å². The molecule has 1 rings (SSSR count). The van der Waals surface area contributed by atoms with Crippen LogP contribution in [-0.4, -0.2) is 48.5 Å². The molecule has 0 aromatic carbocycles. The normalized spacial score (nSPS) is 26.1. The summed E-state index contributed by atoms with van der Waals surface area (Å²) in [4.78, 5) is 1.83. The quantitative estimate of drug-likeness (QED) is 0.782. The van der Waals surface area contributed by atoms with Gasteiger partial charge in [-0.3, -0.25) is 4.90 Å². The summed E-state index contributed by atoms with van der Waals surface area (Å²) in [6, 6.07) is 0. The van der Waals surface area contributed by atoms with E-state index in [2.05, 4.69) is 6.92 Å². The van der Waals surface area contributed by atoms with Crippen molar-refractivity contribution in [2.45, 2.75) is 12.8 Å². The molecule has 5 heteroatoms. The van der Waals surface area contributed by atoms with E-state index in [0.29, 0.717) is 5.92 Å². The zero-order valence-electron chi connectivity index (χ0n) is 8.51. The third-order valence-electron chi connectivity index (χ3n) is 2.28. The van der Waals surface area contributed by atoms with Crippen molar-refractivity contribution in [3.63, 3.8) is 0 Å². The van der Waals surface area contributed by atoms with Crippen LogP contribution in [0.15, 0.2) is 0 Å². The first kappa shape index (κ1) is 12.2. The van der Waals surface area contributed by atoms with Crippen LogP contribution in [-0.2, 0) is 0 Å². The Morgan fingerprint density at radius 2 is 2.29 bits per heavy atom. The largest absolute Gasteiger partial charge is 0.325 e. The molecular formula is C9H18F2N2S. The molecule has 0 aromatic rings. The topological polar surface area (TPSA) is 29.3 Å². The Labute approximate surface area is 88.2 Å². The minimum Gasteiger partial charge on any atom is -0.325 e. The summed E-state index contributed by atoms with van der Waals surface area (Å²) in [5, 5.41) is 0. The van der Waals surface area contributed by atoms with E-state index in [4.69, 9.17) is 5.73 Å². The summed E-state index contributed by atoms with van der Waals surface area (Å²) < 4.78 is 26.0. The van der Waals surface area contributed by atoms with Crippen LogP contribution >= 0.6 is 11.8 Å². The summed E-state index contributed by atoms with van der Waals surface area (Å²) in [6.45, 7) is 2.89. The van der Waals surface area contributed by atoms with Gasteiger partial charge in [-0.15, -0.1) is 0 Å². The molecule has 0 aromatic heterocycles. The van der Waals surface area contributed by atoms with Crippen LogP contribution in [0, 0.1) is 5.92 Å². The van der Waals surface area contributed by atoms with Gasteiger partial charge in [0.1, 0.15) is 0 Å². The van der Waals surface area contributed by atoms with Gasteiger partial charge in [-0.2, -0.15) is 11.8 Å². The van der Waals surface area contributed by atoms with Crippen molar-refractivity contribution in [1.82, 2.24) is 4.90 Å². The number of nitrogens with zero attached hydrogens (tertiary/aromatic N) is 1. The van der Waals surface area contributed by atoms with Gasteiger partial charge in [0.25, 0.3) is 5.92 Å². The number of hydrogen-bond acceptors (Lipinski definition) is 3. The van der Waals surface area contributed by atoms with Crippen LogP contribution < -0.4 is 5.73 Å². The second-order valence-corrected chi connectivity index (χ2v) is 5.13. The fraction of sp³-hybridized carbons (Fsp3) is 1.00. The van der Waals surface area contributed by atoms with E-state index in [9.17, 15) is 8.78 Å². The number of thioether (sulfide) groups is 1. The Bertz CT molecular complexity index is 178. The van der Waals surface area contributed by atoms with Crippen molar-refractivity contribution < 1.29 is 8.78 Å². The Hall–Kier alpha value is 0.130. The van der Waals surface area contributed by atoms with Crippen molar-refractivity contribution in [3.05, 3.63) is 0 Å². The predicted molar refractivity (Wildman–Crippen MR) is 56.9 cm³/mol. The Morgan fingerprint density at radius 3 is 2.93 bits per heavy atom. The first-order chi connectivity index (χ1) is 6.53. The monoisotopic (exact) mass is 224 g/mol. The number of nitrogens with two attached hydrogens (primary N) is 1.